The van der Waals surface area contributed by atoms with Crippen LogP contribution in [0.15, 0.2) is 42.5 Å². The van der Waals surface area contributed by atoms with Crippen molar-refractivity contribution in [2.24, 2.45) is 0 Å². The van der Waals surface area contributed by atoms with Crippen LogP contribution in [-0.4, -0.2) is 52.7 Å². The summed E-state index contributed by atoms with van der Waals surface area (Å²) in [6, 6.07) is 9.94. The van der Waals surface area contributed by atoms with Gasteiger partial charge in [-0.2, -0.15) is 0 Å². The number of hydrogen-bond donors (Lipinski definition) is 0. The van der Waals surface area contributed by atoms with Gasteiger partial charge in [-0.15, -0.1) is 0 Å². The maximum absolute atomic E-state index is 11.3. The van der Waals surface area contributed by atoms with Crippen LogP contribution in [0, 0.1) is 6.92 Å². The number of esters is 1. The molecule has 6 heteroatoms. The molecular formula is C22H28O6. The lowest BCUT2D eigenvalue weighted by molar-refractivity contribution is -0.140. The molecule has 0 spiro atoms. The van der Waals surface area contributed by atoms with Gasteiger partial charge in [-0.3, -0.25) is 0 Å². The first kappa shape index (κ1) is 21.7. The molecule has 0 fully saturated rings. The summed E-state index contributed by atoms with van der Waals surface area (Å²) >= 11 is 0. The normalized spacial score (nSPS) is 10.7. The Kier molecular flexibility index (Phi) is 8.78. The van der Waals surface area contributed by atoms with Crippen molar-refractivity contribution < 1.29 is 28.5 Å². The zero-order chi connectivity index (χ0) is 20.4. The number of benzene rings is 2. The summed E-state index contributed by atoms with van der Waals surface area (Å²) in [6.07, 6.45) is 0. The van der Waals surface area contributed by atoms with Gasteiger partial charge < -0.3 is 23.7 Å². The predicted molar refractivity (Wildman–Crippen MR) is 108 cm³/mol. The second-order valence-electron chi connectivity index (χ2n) is 6.28. The van der Waals surface area contributed by atoms with Crippen LogP contribution >= 0.6 is 0 Å². The van der Waals surface area contributed by atoms with Crippen LogP contribution in [0.3, 0.4) is 0 Å². The number of ether oxygens (including phenoxy) is 5. The molecule has 0 radical (unpaired) electrons. The van der Waals surface area contributed by atoms with E-state index in [9.17, 15) is 4.79 Å². The van der Waals surface area contributed by atoms with E-state index in [1.54, 1.807) is 14.0 Å². The van der Waals surface area contributed by atoms with Crippen molar-refractivity contribution in [2.75, 3.05) is 46.8 Å². The van der Waals surface area contributed by atoms with E-state index in [4.69, 9.17) is 23.7 Å². The van der Waals surface area contributed by atoms with Gasteiger partial charge in [-0.05, 0) is 25.5 Å². The standard InChI is InChI=1S/C22H28O6/c1-16(2)22(23)28-14-11-25-10-13-27-21-17(3)15-20(26-12-9-24-4)18-7-5-6-8-19(18)21/h5-8,15H,1,9-14H2,2-4H3. The smallest absolute Gasteiger partial charge is 0.333 e. The van der Waals surface area contributed by atoms with Gasteiger partial charge in [0.1, 0.15) is 31.3 Å². The van der Waals surface area contributed by atoms with E-state index in [0.29, 0.717) is 38.6 Å². The fraction of sp³-hybridized carbons (Fsp3) is 0.409. The average molecular weight is 388 g/mol. The van der Waals surface area contributed by atoms with Crippen molar-refractivity contribution in [2.45, 2.75) is 13.8 Å². The number of rotatable bonds is 12. The van der Waals surface area contributed by atoms with E-state index in [2.05, 4.69) is 6.58 Å². The molecule has 152 valence electrons. The third kappa shape index (κ3) is 6.25. The molecule has 0 amide bonds. The van der Waals surface area contributed by atoms with Crippen LogP contribution in [0.5, 0.6) is 11.5 Å². The molecule has 0 bridgehead atoms. The Bertz CT molecular complexity index is 799. The molecule has 2 aromatic carbocycles. The van der Waals surface area contributed by atoms with Gasteiger partial charge in [0.15, 0.2) is 0 Å². The molecule has 0 unspecified atom stereocenters. The molecule has 0 aliphatic carbocycles. The Balaban J connectivity index is 1.90. The van der Waals surface area contributed by atoms with Gasteiger partial charge in [-0.1, -0.05) is 30.8 Å². The van der Waals surface area contributed by atoms with Crippen LogP contribution in [0.1, 0.15) is 12.5 Å². The number of carbonyl (C=O) groups excluding carboxylic acids is 1. The van der Waals surface area contributed by atoms with Crippen LogP contribution in [0.2, 0.25) is 0 Å². The molecule has 2 rings (SSSR count). The van der Waals surface area contributed by atoms with Crippen molar-refractivity contribution >= 4 is 16.7 Å². The molecule has 0 aliphatic rings. The van der Waals surface area contributed by atoms with E-state index in [0.717, 1.165) is 27.8 Å². The van der Waals surface area contributed by atoms with E-state index >= 15 is 0 Å². The number of fused-ring (bicyclic) bond motifs is 1. The minimum Gasteiger partial charge on any atom is -0.491 e. The Hall–Kier alpha value is -2.57. The minimum atomic E-state index is -0.408. The van der Waals surface area contributed by atoms with Crippen molar-refractivity contribution in [1.82, 2.24) is 0 Å². The highest BCUT2D eigenvalue weighted by Crippen LogP contribution is 2.36. The largest absolute Gasteiger partial charge is 0.491 e. The Morgan fingerprint density at radius 3 is 2.36 bits per heavy atom. The summed E-state index contributed by atoms with van der Waals surface area (Å²) in [5.74, 6) is 1.22. The van der Waals surface area contributed by atoms with Crippen molar-refractivity contribution in [3.8, 4) is 11.5 Å². The first-order valence-electron chi connectivity index (χ1n) is 9.22. The highest BCUT2D eigenvalue weighted by atomic mass is 16.6. The van der Waals surface area contributed by atoms with Crippen LogP contribution in [0.4, 0.5) is 0 Å². The maximum Gasteiger partial charge on any atom is 0.333 e. The van der Waals surface area contributed by atoms with Crippen LogP contribution in [0.25, 0.3) is 10.8 Å². The highest BCUT2D eigenvalue weighted by Gasteiger charge is 2.12. The number of aryl methyl sites for hydroxylation is 1. The topological polar surface area (TPSA) is 63.2 Å². The van der Waals surface area contributed by atoms with Crippen LogP contribution < -0.4 is 9.47 Å². The van der Waals surface area contributed by atoms with E-state index in [1.165, 1.54) is 0 Å². The summed E-state index contributed by atoms with van der Waals surface area (Å²) in [5.41, 5.74) is 1.36. The van der Waals surface area contributed by atoms with Gasteiger partial charge in [0.2, 0.25) is 0 Å². The lowest BCUT2D eigenvalue weighted by Gasteiger charge is -2.16. The molecular weight excluding hydrogens is 360 g/mol. The summed E-state index contributed by atoms with van der Waals surface area (Å²) in [4.78, 5) is 11.3. The third-order valence-corrected chi connectivity index (χ3v) is 3.97. The Morgan fingerprint density at radius 2 is 1.64 bits per heavy atom. The lowest BCUT2D eigenvalue weighted by Crippen LogP contribution is -2.14. The van der Waals surface area contributed by atoms with Crippen molar-refractivity contribution in [3.63, 3.8) is 0 Å². The summed E-state index contributed by atoms with van der Waals surface area (Å²) in [5, 5.41) is 1.98. The zero-order valence-corrected chi connectivity index (χ0v) is 16.8. The molecule has 0 saturated heterocycles. The first-order chi connectivity index (χ1) is 13.5. The molecule has 0 heterocycles. The Morgan fingerprint density at radius 1 is 0.964 bits per heavy atom. The second kappa shape index (κ2) is 11.3. The highest BCUT2D eigenvalue weighted by molar-refractivity contribution is 5.94. The van der Waals surface area contributed by atoms with Crippen molar-refractivity contribution in [3.05, 3.63) is 48.0 Å². The van der Waals surface area contributed by atoms with Gasteiger partial charge in [0.25, 0.3) is 0 Å². The second-order valence-corrected chi connectivity index (χ2v) is 6.28. The van der Waals surface area contributed by atoms with E-state index in [-0.39, 0.29) is 6.61 Å². The van der Waals surface area contributed by atoms with Gasteiger partial charge >= 0.3 is 5.97 Å². The van der Waals surface area contributed by atoms with Crippen molar-refractivity contribution in [1.29, 1.82) is 0 Å². The average Bonchev–Trinajstić information content (AvgIpc) is 2.68. The number of hydrogen-bond acceptors (Lipinski definition) is 6. The molecule has 0 aliphatic heterocycles. The summed E-state index contributed by atoms with van der Waals surface area (Å²) in [7, 11) is 1.65. The molecule has 6 nitrogen and oxygen atoms in total. The molecule has 0 atom stereocenters. The van der Waals surface area contributed by atoms with Gasteiger partial charge in [0.05, 0.1) is 19.8 Å². The maximum atomic E-state index is 11.3. The quantitative estimate of drug-likeness (QED) is 0.314. The van der Waals surface area contributed by atoms with E-state index < -0.39 is 5.97 Å². The molecule has 0 aromatic heterocycles. The fourth-order valence-electron chi connectivity index (χ4n) is 2.62. The Labute approximate surface area is 166 Å². The molecule has 2 aromatic rings. The molecule has 0 saturated carbocycles. The summed E-state index contributed by atoms with van der Waals surface area (Å²) in [6.45, 7) is 9.44. The predicted octanol–water partition coefficient (Wildman–Crippen LogP) is 3.69. The molecule has 28 heavy (non-hydrogen) atoms. The number of carbonyl (C=O) groups is 1. The summed E-state index contributed by atoms with van der Waals surface area (Å²) < 4.78 is 27.3. The first-order valence-corrected chi connectivity index (χ1v) is 9.22. The number of methoxy groups -OCH3 is 1. The third-order valence-electron chi connectivity index (χ3n) is 3.97. The zero-order valence-electron chi connectivity index (χ0n) is 16.8. The van der Waals surface area contributed by atoms with Gasteiger partial charge in [-0.25, -0.2) is 4.79 Å². The minimum absolute atomic E-state index is 0.196. The van der Waals surface area contributed by atoms with E-state index in [1.807, 2.05) is 37.3 Å². The van der Waals surface area contributed by atoms with Gasteiger partial charge in [0, 0.05) is 23.5 Å². The monoisotopic (exact) mass is 388 g/mol. The fourth-order valence-corrected chi connectivity index (χ4v) is 2.62. The SMILES string of the molecule is C=C(C)C(=O)OCCOCCOc1c(C)cc(OCCOC)c2ccccc12. The molecule has 0 N–H and O–H groups in total. The van der Waals surface area contributed by atoms with Crippen LogP contribution in [-0.2, 0) is 19.0 Å². The lowest BCUT2D eigenvalue weighted by atomic mass is 10.0.